The smallest absolute Gasteiger partial charge is 0.254 e. The van der Waals surface area contributed by atoms with E-state index in [1.165, 1.54) is 4.90 Å². The predicted molar refractivity (Wildman–Crippen MR) is 70.9 cm³/mol. The Balaban J connectivity index is 2.07. The fraction of sp³-hybridized carbons (Fsp3) is 0.538. The maximum Gasteiger partial charge on any atom is 0.254 e. The third kappa shape index (κ3) is 3.21. The summed E-state index contributed by atoms with van der Waals surface area (Å²) in [4.78, 5) is 17.8. The molecule has 1 amide bonds. The van der Waals surface area contributed by atoms with Gasteiger partial charge < -0.3 is 20.4 Å². The molecule has 1 saturated heterocycles. The summed E-state index contributed by atoms with van der Waals surface area (Å²) in [5.41, 5.74) is 0.509. The second-order valence-corrected chi connectivity index (χ2v) is 4.70. The molecule has 6 nitrogen and oxygen atoms in total. The number of likely N-dealkylation sites (tertiary alicyclic amines) is 1. The number of carbonyl (C=O) groups is 1. The largest absolute Gasteiger partial charge is 0.388 e. The third-order valence-corrected chi connectivity index (χ3v) is 3.11. The Morgan fingerprint density at radius 3 is 2.79 bits per heavy atom. The molecule has 2 rings (SSSR count). The molecule has 1 aromatic rings. The third-order valence-electron chi connectivity index (χ3n) is 3.11. The van der Waals surface area contributed by atoms with E-state index in [1.54, 1.807) is 18.3 Å². The van der Waals surface area contributed by atoms with Crippen molar-refractivity contribution in [1.82, 2.24) is 9.88 Å². The van der Waals surface area contributed by atoms with E-state index in [4.69, 9.17) is 0 Å². The SMILES string of the molecule is CCCNc1cc(C(=O)N2CC(O)C(O)C2)ccn1. The zero-order valence-electron chi connectivity index (χ0n) is 10.9. The van der Waals surface area contributed by atoms with Crippen LogP contribution in [-0.2, 0) is 0 Å². The van der Waals surface area contributed by atoms with Crippen LogP contribution in [0.3, 0.4) is 0 Å². The number of hydrogen-bond acceptors (Lipinski definition) is 5. The van der Waals surface area contributed by atoms with Crippen molar-refractivity contribution >= 4 is 11.7 Å². The molecule has 0 aromatic carbocycles. The Morgan fingerprint density at radius 1 is 1.47 bits per heavy atom. The summed E-state index contributed by atoms with van der Waals surface area (Å²) in [6.07, 6.45) is 0.838. The zero-order valence-corrected chi connectivity index (χ0v) is 10.9. The average molecular weight is 265 g/mol. The number of β-amino-alcohol motifs (C(OH)–C–C–N with tert-alkyl or cyclic N) is 2. The minimum Gasteiger partial charge on any atom is -0.388 e. The van der Waals surface area contributed by atoms with Gasteiger partial charge in [0.2, 0.25) is 0 Å². The monoisotopic (exact) mass is 265 g/mol. The van der Waals surface area contributed by atoms with Gasteiger partial charge in [0.25, 0.3) is 5.91 Å². The number of amides is 1. The number of rotatable bonds is 4. The first-order valence-electron chi connectivity index (χ1n) is 6.47. The van der Waals surface area contributed by atoms with Crippen molar-refractivity contribution in [3.8, 4) is 0 Å². The van der Waals surface area contributed by atoms with Gasteiger partial charge in [-0.2, -0.15) is 0 Å². The molecule has 0 radical (unpaired) electrons. The van der Waals surface area contributed by atoms with E-state index in [0.717, 1.165) is 13.0 Å². The highest BCUT2D eigenvalue weighted by atomic mass is 16.3. The topological polar surface area (TPSA) is 85.7 Å². The summed E-state index contributed by atoms with van der Waals surface area (Å²) in [5.74, 6) is 0.463. The lowest BCUT2D eigenvalue weighted by molar-refractivity contribution is 0.0572. The quantitative estimate of drug-likeness (QED) is 0.718. The average Bonchev–Trinajstić information content (AvgIpc) is 2.76. The van der Waals surface area contributed by atoms with Gasteiger partial charge in [-0.3, -0.25) is 4.79 Å². The lowest BCUT2D eigenvalue weighted by atomic mass is 10.2. The second-order valence-electron chi connectivity index (χ2n) is 4.70. The van der Waals surface area contributed by atoms with Crippen LogP contribution >= 0.6 is 0 Å². The van der Waals surface area contributed by atoms with E-state index in [9.17, 15) is 15.0 Å². The van der Waals surface area contributed by atoms with E-state index in [1.807, 2.05) is 0 Å². The Hall–Kier alpha value is -1.66. The number of aliphatic hydroxyl groups excluding tert-OH is 2. The highest BCUT2D eigenvalue weighted by Crippen LogP contribution is 2.15. The molecule has 1 fully saturated rings. The van der Waals surface area contributed by atoms with E-state index in [-0.39, 0.29) is 19.0 Å². The van der Waals surface area contributed by atoms with Crippen molar-refractivity contribution in [2.24, 2.45) is 0 Å². The van der Waals surface area contributed by atoms with Gasteiger partial charge in [0.1, 0.15) is 5.82 Å². The molecular formula is C13H19N3O3. The molecule has 2 atom stereocenters. The number of nitrogens with zero attached hydrogens (tertiary/aromatic N) is 2. The molecule has 1 aliphatic rings. The van der Waals surface area contributed by atoms with Crippen LogP contribution in [0.25, 0.3) is 0 Å². The normalized spacial score (nSPS) is 22.6. The van der Waals surface area contributed by atoms with E-state index < -0.39 is 12.2 Å². The summed E-state index contributed by atoms with van der Waals surface area (Å²) in [5, 5.41) is 22.0. The van der Waals surface area contributed by atoms with Gasteiger partial charge in [-0.15, -0.1) is 0 Å². The molecule has 3 N–H and O–H groups in total. The predicted octanol–water partition coefficient (Wildman–Crippen LogP) is 0.0811. The van der Waals surface area contributed by atoms with Crippen LogP contribution in [0.4, 0.5) is 5.82 Å². The van der Waals surface area contributed by atoms with Crippen LogP contribution in [0.1, 0.15) is 23.7 Å². The molecule has 0 aliphatic carbocycles. The molecule has 104 valence electrons. The maximum absolute atomic E-state index is 12.2. The van der Waals surface area contributed by atoms with Crippen LogP contribution in [0.15, 0.2) is 18.3 Å². The zero-order chi connectivity index (χ0) is 13.8. The Bertz CT molecular complexity index is 443. The van der Waals surface area contributed by atoms with Crippen molar-refractivity contribution in [2.75, 3.05) is 25.0 Å². The first-order valence-corrected chi connectivity index (χ1v) is 6.47. The molecule has 6 heteroatoms. The van der Waals surface area contributed by atoms with Gasteiger partial charge in [-0.05, 0) is 18.6 Å². The van der Waals surface area contributed by atoms with Crippen molar-refractivity contribution in [2.45, 2.75) is 25.6 Å². The Kier molecular flexibility index (Phi) is 4.34. The first-order chi connectivity index (χ1) is 9.11. The van der Waals surface area contributed by atoms with Crippen molar-refractivity contribution in [3.05, 3.63) is 23.9 Å². The molecule has 0 bridgehead atoms. The molecule has 2 heterocycles. The van der Waals surface area contributed by atoms with Crippen molar-refractivity contribution < 1.29 is 15.0 Å². The number of aliphatic hydroxyl groups is 2. The summed E-state index contributed by atoms with van der Waals surface area (Å²) >= 11 is 0. The minimum atomic E-state index is -0.858. The number of anilines is 1. The summed E-state index contributed by atoms with van der Waals surface area (Å²) in [6.45, 7) is 3.18. The van der Waals surface area contributed by atoms with E-state index in [2.05, 4.69) is 17.2 Å². The van der Waals surface area contributed by atoms with Gasteiger partial charge >= 0.3 is 0 Å². The van der Waals surface area contributed by atoms with Gasteiger partial charge in [0.15, 0.2) is 0 Å². The summed E-state index contributed by atoms with van der Waals surface area (Å²) < 4.78 is 0. The lowest BCUT2D eigenvalue weighted by Crippen LogP contribution is -2.29. The fourth-order valence-electron chi connectivity index (χ4n) is 2.03. The molecule has 0 saturated carbocycles. The Labute approximate surface area is 112 Å². The van der Waals surface area contributed by atoms with Gasteiger partial charge in [-0.25, -0.2) is 4.98 Å². The Morgan fingerprint density at radius 2 is 2.16 bits per heavy atom. The highest BCUT2D eigenvalue weighted by Gasteiger charge is 2.32. The van der Waals surface area contributed by atoms with Crippen LogP contribution in [-0.4, -0.2) is 57.8 Å². The van der Waals surface area contributed by atoms with Gasteiger partial charge in [-0.1, -0.05) is 6.92 Å². The van der Waals surface area contributed by atoms with E-state index in [0.29, 0.717) is 11.4 Å². The van der Waals surface area contributed by atoms with Gasteiger partial charge in [0, 0.05) is 31.4 Å². The molecule has 1 aromatic heterocycles. The van der Waals surface area contributed by atoms with Crippen LogP contribution < -0.4 is 5.32 Å². The van der Waals surface area contributed by atoms with Gasteiger partial charge in [0.05, 0.1) is 12.2 Å². The van der Waals surface area contributed by atoms with Crippen LogP contribution in [0, 0.1) is 0 Å². The summed E-state index contributed by atoms with van der Waals surface area (Å²) in [7, 11) is 0. The molecule has 2 unspecified atom stereocenters. The van der Waals surface area contributed by atoms with Crippen LogP contribution in [0.5, 0.6) is 0 Å². The molecule has 19 heavy (non-hydrogen) atoms. The number of aromatic nitrogens is 1. The number of nitrogens with one attached hydrogen (secondary N) is 1. The van der Waals surface area contributed by atoms with Crippen molar-refractivity contribution in [3.63, 3.8) is 0 Å². The highest BCUT2D eigenvalue weighted by molar-refractivity contribution is 5.95. The molecule has 1 aliphatic heterocycles. The standard InChI is InChI=1S/C13H19N3O3/c1-2-4-14-12-6-9(3-5-15-12)13(19)16-7-10(17)11(18)8-16/h3,5-6,10-11,17-18H,2,4,7-8H2,1H3,(H,14,15). The summed E-state index contributed by atoms with van der Waals surface area (Å²) in [6, 6.07) is 3.33. The first kappa shape index (κ1) is 13.8. The molecular weight excluding hydrogens is 246 g/mol. The minimum absolute atomic E-state index is 0.167. The number of hydrogen-bond donors (Lipinski definition) is 3. The molecule has 0 spiro atoms. The maximum atomic E-state index is 12.2. The van der Waals surface area contributed by atoms with E-state index >= 15 is 0 Å². The number of pyridine rings is 1. The fourth-order valence-corrected chi connectivity index (χ4v) is 2.03. The second kappa shape index (κ2) is 5.99. The number of carbonyl (C=O) groups excluding carboxylic acids is 1. The lowest BCUT2D eigenvalue weighted by Gasteiger charge is -2.15. The van der Waals surface area contributed by atoms with Crippen molar-refractivity contribution in [1.29, 1.82) is 0 Å². The van der Waals surface area contributed by atoms with Crippen LogP contribution in [0.2, 0.25) is 0 Å².